The number of ether oxygens (including phenoxy) is 1. The predicted octanol–water partition coefficient (Wildman–Crippen LogP) is 2.02. The molecule has 1 unspecified atom stereocenters. The lowest BCUT2D eigenvalue weighted by atomic mass is 9.99. The van der Waals surface area contributed by atoms with Crippen LogP contribution in [0.15, 0.2) is 47.7 Å². The number of hydrogen-bond acceptors (Lipinski definition) is 5. The molecule has 1 aromatic carbocycles. The van der Waals surface area contributed by atoms with E-state index in [2.05, 4.69) is 10.4 Å². The lowest BCUT2D eigenvalue weighted by molar-refractivity contribution is -0.141. The second-order valence-electron chi connectivity index (χ2n) is 5.72. The van der Waals surface area contributed by atoms with Crippen LogP contribution in [0.4, 0.5) is 0 Å². The number of carbonyl (C=O) groups is 2. The van der Waals surface area contributed by atoms with Gasteiger partial charge in [0.2, 0.25) is 0 Å². The summed E-state index contributed by atoms with van der Waals surface area (Å²) in [6, 6.07) is 11.1. The maximum atomic E-state index is 12.2. The van der Waals surface area contributed by atoms with Crippen LogP contribution in [0.5, 0.6) is 0 Å². The van der Waals surface area contributed by atoms with E-state index in [1.165, 1.54) is 0 Å². The minimum absolute atomic E-state index is 0.105. The van der Waals surface area contributed by atoms with Gasteiger partial charge in [-0.2, -0.15) is 5.10 Å². The molecule has 2 heterocycles. The van der Waals surface area contributed by atoms with Gasteiger partial charge in [-0.05, 0) is 13.0 Å². The van der Waals surface area contributed by atoms with Gasteiger partial charge in [0.05, 0.1) is 24.0 Å². The van der Waals surface area contributed by atoms with E-state index in [0.717, 1.165) is 17.0 Å². The molecule has 0 fully saturated rings. The van der Waals surface area contributed by atoms with Crippen LogP contribution >= 0.6 is 0 Å². The van der Waals surface area contributed by atoms with Gasteiger partial charge in [0, 0.05) is 19.0 Å². The first-order chi connectivity index (χ1) is 12.0. The number of aliphatic hydroxyl groups excluding tert-OH is 1. The Bertz CT molecular complexity index is 839. The Morgan fingerprint density at radius 3 is 2.76 bits per heavy atom. The van der Waals surface area contributed by atoms with Crippen molar-refractivity contribution < 1.29 is 19.4 Å². The number of esters is 1. The zero-order valence-corrected chi connectivity index (χ0v) is 14.0. The number of aliphatic hydroxyl groups is 1. The van der Waals surface area contributed by atoms with E-state index in [1.807, 2.05) is 36.4 Å². The Morgan fingerprint density at radius 1 is 1.40 bits per heavy atom. The van der Waals surface area contributed by atoms with Crippen molar-refractivity contribution in [2.45, 2.75) is 19.4 Å². The van der Waals surface area contributed by atoms with Crippen molar-refractivity contribution >= 4 is 11.9 Å². The van der Waals surface area contributed by atoms with E-state index in [0.29, 0.717) is 0 Å². The summed E-state index contributed by atoms with van der Waals surface area (Å²) in [7, 11) is 1.77. The number of benzene rings is 1. The maximum Gasteiger partial charge on any atom is 0.347 e. The fourth-order valence-electron chi connectivity index (χ4n) is 2.86. The Kier molecular flexibility index (Phi) is 4.56. The monoisotopic (exact) mass is 341 g/mol. The Hall–Kier alpha value is -3.09. The van der Waals surface area contributed by atoms with Crippen LogP contribution in [-0.4, -0.2) is 33.4 Å². The zero-order valence-electron chi connectivity index (χ0n) is 14.0. The van der Waals surface area contributed by atoms with Gasteiger partial charge < -0.3 is 15.2 Å². The average molecular weight is 341 g/mol. The highest BCUT2D eigenvalue weighted by Gasteiger charge is 2.34. The third kappa shape index (κ3) is 3.26. The van der Waals surface area contributed by atoms with E-state index in [9.17, 15) is 14.7 Å². The van der Waals surface area contributed by atoms with Gasteiger partial charge in [-0.1, -0.05) is 30.3 Å². The summed E-state index contributed by atoms with van der Waals surface area (Å²) in [5.41, 5.74) is 2.13. The molecular weight excluding hydrogens is 322 g/mol. The molecule has 0 saturated heterocycles. The molecule has 25 heavy (non-hydrogen) atoms. The number of amides is 1. The predicted molar refractivity (Wildman–Crippen MR) is 90.4 cm³/mol. The molecule has 2 aromatic rings. The standard InChI is InChI=1S/C18H19N3O4/c1-3-25-18(24)16-15(22)10-13(19-17(16)23)14-9-12(20-21(14)2)11-7-5-4-6-8-11/h4-9,13,22H,3,10H2,1-2H3,(H,19,23). The highest BCUT2D eigenvalue weighted by Crippen LogP contribution is 2.29. The van der Waals surface area contributed by atoms with Gasteiger partial charge in [-0.15, -0.1) is 0 Å². The summed E-state index contributed by atoms with van der Waals surface area (Å²) >= 11 is 0. The molecule has 0 aliphatic carbocycles. The lowest BCUT2D eigenvalue weighted by Crippen LogP contribution is -2.38. The van der Waals surface area contributed by atoms with E-state index < -0.39 is 17.9 Å². The third-order valence-electron chi connectivity index (χ3n) is 4.04. The van der Waals surface area contributed by atoms with Crippen LogP contribution in [-0.2, 0) is 21.4 Å². The summed E-state index contributed by atoms with van der Waals surface area (Å²) in [6.07, 6.45) is 0.105. The summed E-state index contributed by atoms with van der Waals surface area (Å²) < 4.78 is 6.48. The first kappa shape index (κ1) is 16.8. The molecule has 0 radical (unpaired) electrons. The average Bonchev–Trinajstić information content (AvgIpc) is 2.97. The number of aromatic nitrogens is 2. The Labute approximate surface area is 144 Å². The van der Waals surface area contributed by atoms with Crippen molar-refractivity contribution in [1.82, 2.24) is 15.1 Å². The molecular formula is C18H19N3O4. The fraction of sp³-hybridized carbons (Fsp3) is 0.278. The molecule has 0 spiro atoms. The maximum absolute atomic E-state index is 12.2. The molecule has 1 aliphatic rings. The van der Waals surface area contributed by atoms with Crippen LogP contribution in [0.3, 0.4) is 0 Å². The van der Waals surface area contributed by atoms with Gasteiger partial charge in [0.1, 0.15) is 5.76 Å². The molecule has 0 bridgehead atoms. The number of aryl methyl sites for hydroxylation is 1. The van der Waals surface area contributed by atoms with Crippen molar-refractivity contribution in [2.24, 2.45) is 7.05 Å². The van der Waals surface area contributed by atoms with E-state index in [-0.39, 0.29) is 24.4 Å². The second kappa shape index (κ2) is 6.80. The molecule has 130 valence electrons. The normalized spacial score (nSPS) is 17.4. The fourth-order valence-corrected chi connectivity index (χ4v) is 2.86. The van der Waals surface area contributed by atoms with E-state index in [1.54, 1.807) is 18.7 Å². The van der Waals surface area contributed by atoms with Crippen LogP contribution in [0, 0.1) is 0 Å². The van der Waals surface area contributed by atoms with Crippen molar-refractivity contribution in [3.8, 4) is 11.3 Å². The van der Waals surface area contributed by atoms with Gasteiger partial charge in [-0.25, -0.2) is 4.79 Å². The second-order valence-corrected chi connectivity index (χ2v) is 5.72. The van der Waals surface area contributed by atoms with Crippen LogP contribution < -0.4 is 5.32 Å². The quantitative estimate of drug-likeness (QED) is 0.655. The summed E-state index contributed by atoms with van der Waals surface area (Å²) in [5.74, 6) is -1.73. The summed E-state index contributed by atoms with van der Waals surface area (Å²) in [4.78, 5) is 24.0. The molecule has 1 atom stereocenters. The van der Waals surface area contributed by atoms with Gasteiger partial charge >= 0.3 is 5.97 Å². The highest BCUT2D eigenvalue weighted by atomic mass is 16.5. The van der Waals surface area contributed by atoms with E-state index >= 15 is 0 Å². The summed E-state index contributed by atoms with van der Waals surface area (Å²) in [5, 5.41) is 17.4. The molecule has 7 heteroatoms. The van der Waals surface area contributed by atoms with Crippen LogP contribution in [0.1, 0.15) is 25.1 Å². The van der Waals surface area contributed by atoms with Crippen molar-refractivity contribution in [2.75, 3.05) is 6.61 Å². The molecule has 1 amide bonds. The molecule has 1 aromatic heterocycles. The molecule has 0 saturated carbocycles. The smallest absolute Gasteiger partial charge is 0.347 e. The minimum atomic E-state index is -0.814. The number of rotatable bonds is 4. The molecule has 7 nitrogen and oxygen atoms in total. The SMILES string of the molecule is CCOC(=O)C1=C(O)CC(c2cc(-c3ccccc3)nn2C)NC1=O. The molecule has 2 N–H and O–H groups in total. The third-order valence-corrected chi connectivity index (χ3v) is 4.04. The van der Waals surface area contributed by atoms with Gasteiger partial charge in [0.25, 0.3) is 5.91 Å². The number of nitrogens with zero attached hydrogens (tertiary/aromatic N) is 2. The Morgan fingerprint density at radius 2 is 2.12 bits per heavy atom. The van der Waals surface area contributed by atoms with Crippen molar-refractivity contribution in [3.63, 3.8) is 0 Å². The molecule has 1 aliphatic heterocycles. The number of hydrogen-bond donors (Lipinski definition) is 2. The number of nitrogens with one attached hydrogen (secondary N) is 1. The first-order valence-corrected chi connectivity index (χ1v) is 8.00. The Balaban J connectivity index is 1.88. The lowest BCUT2D eigenvalue weighted by Gasteiger charge is -2.24. The van der Waals surface area contributed by atoms with Crippen molar-refractivity contribution in [3.05, 3.63) is 53.4 Å². The summed E-state index contributed by atoms with van der Waals surface area (Å²) in [6.45, 7) is 1.77. The highest BCUT2D eigenvalue weighted by molar-refractivity contribution is 6.17. The first-order valence-electron chi connectivity index (χ1n) is 8.00. The van der Waals surface area contributed by atoms with Crippen LogP contribution in [0.2, 0.25) is 0 Å². The minimum Gasteiger partial charge on any atom is -0.511 e. The van der Waals surface area contributed by atoms with E-state index in [4.69, 9.17) is 4.74 Å². The largest absolute Gasteiger partial charge is 0.511 e. The van der Waals surface area contributed by atoms with Gasteiger partial charge in [-0.3, -0.25) is 9.48 Å². The zero-order chi connectivity index (χ0) is 18.0. The number of carbonyl (C=O) groups excluding carboxylic acids is 2. The van der Waals surface area contributed by atoms with Gasteiger partial charge in [0.15, 0.2) is 5.57 Å². The molecule has 3 rings (SSSR count). The van der Waals surface area contributed by atoms with Crippen molar-refractivity contribution in [1.29, 1.82) is 0 Å². The van der Waals surface area contributed by atoms with Crippen LogP contribution in [0.25, 0.3) is 11.3 Å². The topological polar surface area (TPSA) is 93.4 Å².